The molecule has 0 aliphatic rings. The van der Waals surface area contributed by atoms with Gasteiger partial charge in [-0.3, -0.25) is 4.79 Å². The first-order valence-corrected chi connectivity index (χ1v) is 6.56. The van der Waals surface area contributed by atoms with Gasteiger partial charge in [0.1, 0.15) is 0 Å². The van der Waals surface area contributed by atoms with Crippen LogP contribution in [0.4, 0.5) is 0 Å². The molecule has 0 amide bonds. The molecule has 18 heavy (non-hydrogen) atoms. The molecule has 0 fully saturated rings. The Morgan fingerprint density at radius 2 is 2.00 bits per heavy atom. The van der Waals surface area contributed by atoms with E-state index in [9.17, 15) is 9.59 Å². The largest absolute Gasteiger partial charge is 0.481 e. The lowest BCUT2D eigenvalue weighted by molar-refractivity contribution is -0.140. The third-order valence-corrected chi connectivity index (χ3v) is 2.90. The van der Waals surface area contributed by atoms with Crippen molar-refractivity contribution in [3.8, 4) is 0 Å². The van der Waals surface area contributed by atoms with Crippen molar-refractivity contribution in [2.45, 2.75) is 52.9 Å². The molecule has 0 aliphatic carbocycles. The van der Waals surface area contributed by atoms with E-state index in [-0.39, 0.29) is 6.42 Å². The van der Waals surface area contributed by atoms with E-state index >= 15 is 0 Å². The summed E-state index contributed by atoms with van der Waals surface area (Å²) in [5.74, 6) is -0.955. The Labute approximate surface area is 109 Å². The maximum absolute atomic E-state index is 11.6. The third kappa shape index (κ3) is 7.87. The van der Waals surface area contributed by atoms with Gasteiger partial charge in [-0.15, -0.1) is 0 Å². The molecule has 0 radical (unpaired) electrons. The predicted octanol–water partition coefficient (Wildman–Crippen LogP) is 3.17. The maximum Gasteiger partial charge on any atom is 0.333 e. The van der Waals surface area contributed by atoms with Crippen molar-refractivity contribution >= 4 is 11.9 Å². The van der Waals surface area contributed by atoms with Crippen LogP contribution in [0.25, 0.3) is 0 Å². The summed E-state index contributed by atoms with van der Waals surface area (Å²) < 4.78 is 5.19. The van der Waals surface area contributed by atoms with Crippen molar-refractivity contribution in [3.63, 3.8) is 0 Å². The number of ether oxygens (including phenoxy) is 1. The first-order valence-electron chi connectivity index (χ1n) is 6.56. The number of rotatable bonds is 9. The van der Waals surface area contributed by atoms with E-state index in [4.69, 9.17) is 9.84 Å². The molecule has 0 aromatic carbocycles. The zero-order chi connectivity index (χ0) is 14.0. The summed E-state index contributed by atoms with van der Waals surface area (Å²) in [6.07, 6.45) is 5.58. The van der Waals surface area contributed by atoms with E-state index in [2.05, 4.69) is 13.8 Å². The van der Waals surface area contributed by atoms with E-state index in [0.29, 0.717) is 18.1 Å². The van der Waals surface area contributed by atoms with Gasteiger partial charge in [0.2, 0.25) is 0 Å². The number of unbranched alkanes of at least 4 members (excludes halogenated alkanes) is 1. The van der Waals surface area contributed by atoms with Gasteiger partial charge in [-0.1, -0.05) is 39.2 Å². The van der Waals surface area contributed by atoms with Crippen molar-refractivity contribution in [2.24, 2.45) is 5.92 Å². The molecule has 0 bridgehead atoms. The summed E-state index contributed by atoms with van der Waals surface area (Å²) in [6, 6.07) is 0. The van der Waals surface area contributed by atoms with Crippen LogP contribution in [0.1, 0.15) is 52.9 Å². The standard InChI is InChI=1S/C14H24O4/c1-4-6-7-12(5-2)10-18-14(17)11(3)8-9-13(15)16/h8,12H,4-7,9-10H2,1-3H3,(H,15,16). The predicted molar refractivity (Wildman–Crippen MR) is 70.3 cm³/mol. The van der Waals surface area contributed by atoms with Crippen molar-refractivity contribution in [2.75, 3.05) is 6.61 Å². The molecular weight excluding hydrogens is 232 g/mol. The lowest BCUT2D eigenvalue weighted by Crippen LogP contribution is -2.14. The molecule has 1 atom stereocenters. The summed E-state index contributed by atoms with van der Waals surface area (Å²) >= 11 is 0. The Kier molecular flexibility index (Phi) is 8.97. The highest BCUT2D eigenvalue weighted by atomic mass is 16.5. The number of hydrogen-bond acceptors (Lipinski definition) is 3. The lowest BCUT2D eigenvalue weighted by atomic mass is 10.0. The van der Waals surface area contributed by atoms with Gasteiger partial charge in [0.05, 0.1) is 13.0 Å². The monoisotopic (exact) mass is 256 g/mol. The molecule has 0 saturated carbocycles. The van der Waals surface area contributed by atoms with Gasteiger partial charge in [-0.25, -0.2) is 4.79 Å². The number of esters is 1. The van der Waals surface area contributed by atoms with E-state index in [1.54, 1.807) is 6.92 Å². The average Bonchev–Trinajstić information content (AvgIpc) is 2.35. The van der Waals surface area contributed by atoms with Crippen LogP contribution in [-0.2, 0) is 14.3 Å². The number of carbonyl (C=O) groups is 2. The van der Waals surface area contributed by atoms with Crippen molar-refractivity contribution < 1.29 is 19.4 Å². The summed E-state index contributed by atoms with van der Waals surface area (Å²) in [5.41, 5.74) is 0.364. The van der Waals surface area contributed by atoms with E-state index in [1.807, 2.05) is 0 Å². The Morgan fingerprint density at radius 3 is 2.50 bits per heavy atom. The Bertz CT molecular complexity index is 294. The van der Waals surface area contributed by atoms with Crippen LogP contribution < -0.4 is 0 Å². The Morgan fingerprint density at radius 1 is 1.33 bits per heavy atom. The highest BCUT2D eigenvalue weighted by Crippen LogP contribution is 2.13. The number of carboxylic acid groups (broad SMARTS) is 1. The SMILES string of the molecule is CCCCC(CC)COC(=O)C(C)=CCC(=O)O. The molecule has 0 heterocycles. The first-order chi connectivity index (χ1) is 8.51. The first kappa shape index (κ1) is 16.7. The molecule has 0 saturated heterocycles. The minimum Gasteiger partial charge on any atom is -0.481 e. The van der Waals surface area contributed by atoms with Crippen LogP contribution in [0.5, 0.6) is 0 Å². The molecule has 4 heteroatoms. The second kappa shape index (κ2) is 9.68. The van der Waals surface area contributed by atoms with Gasteiger partial charge in [0.15, 0.2) is 0 Å². The highest BCUT2D eigenvalue weighted by molar-refractivity contribution is 5.88. The number of carbonyl (C=O) groups excluding carboxylic acids is 1. The Balaban J connectivity index is 4.06. The second-order valence-corrected chi connectivity index (χ2v) is 4.50. The van der Waals surface area contributed by atoms with Crippen LogP contribution >= 0.6 is 0 Å². The van der Waals surface area contributed by atoms with Gasteiger partial charge in [-0.2, -0.15) is 0 Å². The topological polar surface area (TPSA) is 63.6 Å². The fourth-order valence-corrected chi connectivity index (χ4v) is 1.53. The normalized spacial score (nSPS) is 13.2. The van der Waals surface area contributed by atoms with Gasteiger partial charge >= 0.3 is 11.9 Å². The van der Waals surface area contributed by atoms with Gasteiger partial charge in [0.25, 0.3) is 0 Å². The fourth-order valence-electron chi connectivity index (χ4n) is 1.53. The van der Waals surface area contributed by atoms with E-state index in [0.717, 1.165) is 25.7 Å². The van der Waals surface area contributed by atoms with Gasteiger partial charge in [0, 0.05) is 5.57 Å². The number of carboxylic acids is 1. The molecule has 4 nitrogen and oxygen atoms in total. The lowest BCUT2D eigenvalue weighted by Gasteiger charge is -2.14. The van der Waals surface area contributed by atoms with Gasteiger partial charge in [-0.05, 0) is 19.3 Å². The number of hydrogen-bond donors (Lipinski definition) is 1. The van der Waals surface area contributed by atoms with Crippen molar-refractivity contribution in [3.05, 3.63) is 11.6 Å². The summed E-state index contributed by atoms with van der Waals surface area (Å²) in [5, 5.41) is 8.50. The quantitative estimate of drug-likeness (QED) is 0.508. The Hall–Kier alpha value is -1.32. The molecule has 1 N–H and O–H groups in total. The average molecular weight is 256 g/mol. The molecular formula is C14H24O4. The number of aliphatic carboxylic acids is 1. The van der Waals surface area contributed by atoms with Crippen molar-refractivity contribution in [1.82, 2.24) is 0 Å². The molecule has 0 aromatic rings. The van der Waals surface area contributed by atoms with Crippen LogP contribution in [0.15, 0.2) is 11.6 Å². The highest BCUT2D eigenvalue weighted by Gasteiger charge is 2.11. The van der Waals surface area contributed by atoms with Crippen LogP contribution in [0, 0.1) is 5.92 Å². The van der Waals surface area contributed by atoms with Crippen LogP contribution in [-0.4, -0.2) is 23.7 Å². The maximum atomic E-state index is 11.6. The summed E-state index contributed by atoms with van der Waals surface area (Å²) in [4.78, 5) is 21.9. The second-order valence-electron chi connectivity index (χ2n) is 4.50. The van der Waals surface area contributed by atoms with Crippen LogP contribution in [0.2, 0.25) is 0 Å². The molecule has 0 spiro atoms. The molecule has 104 valence electrons. The summed E-state index contributed by atoms with van der Waals surface area (Å²) in [6.45, 7) is 6.23. The van der Waals surface area contributed by atoms with Gasteiger partial charge < -0.3 is 9.84 Å². The zero-order valence-corrected chi connectivity index (χ0v) is 11.6. The van der Waals surface area contributed by atoms with Crippen LogP contribution in [0.3, 0.4) is 0 Å². The molecule has 0 rings (SSSR count). The zero-order valence-electron chi connectivity index (χ0n) is 11.6. The fraction of sp³-hybridized carbons (Fsp3) is 0.714. The minimum atomic E-state index is -0.948. The third-order valence-electron chi connectivity index (χ3n) is 2.90. The minimum absolute atomic E-state index is 0.145. The molecule has 0 aromatic heterocycles. The summed E-state index contributed by atoms with van der Waals surface area (Å²) in [7, 11) is 0. The van der Waals surface area contributed by atoms with E-state index in [1.165, 1.54) is 6.08 Å². The molecule has 1 unspecified atom stereocenters. The van der Waals surface area contributed by atoms with E-state index < -0.39 is 11.9 Å². The molecule has 0 aliphatic heterocycles. The van der Waals surface area contributed by atoms with Crippen molar-refractivity contribution in [1.29, 1.82) is 0 Å². The smallest absolute Gasteiger partial charge is 0.333 e.